The second-order valence-corrected chi connectivity index (χ2v) is 11.4. The van der Waals surface area contributed by atoms with E-state index in [9.17, 15) is 0 Å². The first-order valence-corrected chi connectivity index (χ1v) is 15.0. The Labute approximate surface area is 251 Å². The van der Waals surface area contributed by atoms with Gasteiger partial charge < -0.3 is 11.2 Å². The van der Waals surface area contributed by atoms with Crippen LogP contribution in [0.5, 0.6) is 0 Å². The maximum Gasteiger partial charge on any atom is 0.164 e. The van der Waals surface area contributed by atoms with Crippen molar-refractivity contribution in [3.63, 3.8) is 0 Å². The zero-order chi connectivity index (χ0) is 28.8. The molecule has 206 valence electrons. The predicted molar refractivity (Wildman–Crippen MR) is 179 cm³/mol. The molecule has 0 atom stereocenters. The van der Waals surface area contributed by atoms with E-state index in [4.69, 9.17) is 20.7 Å². The van der Waals surface area contributed by atoms with E-state index in [0.29, 0.717) is 17.5 Å². The van der Waals surface area contributed by atoms with Crippen LogP contribution in [0.2, 0.25) is 0 Å². The molecule has 0 bridgehead atoms. The standard InChI is InChI=1S/C36H26N6S/c37-21-25(36-40-34(23-11-3-1-4-12-23)39-35(41-36)24-13-5-2-6-14-24)22-38-42-30-17-9-7-15-26(30)28-19-29-27-16-8-10-18-32(27)43-33(29)20-31(28)42/h1-20,22,38H,21,37H2/b25-22+. The molecule has 8 aromatic rings. The Morgan fingerprint density at radius 2 is 1.26 bits per heavy atom. The van der Waals surface area contributed by atoms with Crippen LogP contribution >= 0.6 is 11.3 Å². The highest BCUT2D eigenvalue weighted by molar-refractivity contribution is 7.25. The molecular formula is C36H26N6S. The summed E-state index contributed by atoms with van der Waals surface area (Å²) in [5, 5.41) is 4.95. The number of nitrogens with zero attached hydrogens (tertiary/aromatic N) is 4. The third kappa shape index (κ3) is 4.43. The summed E-state index contributed by atoms with van der Waals surface area (Å²) in [6.45, 7) is 0.247. The van der Waals surface area contributed by atoms with Crippen molar-refractivity contribution in [1.82, 2.24) is 19.6 Å². The molecule has 0 unspecified atom stereocenters. The molecule has 6 nitrogen and oxygen atoms in total. The Balaban J connectivity index is 1.28. The van der Waals surface area contributed by atoms with Crippen LogP contribution < -0.4 is 11.2 Å². The minimum Gasteiger partial charge on any atom is -0.326 e. The molecule has 0 aliphatic heterocycles. The van der Waals surface area contributed by atoms with Gasteiger partial charge in [0.1, 0.15) is 0 Å². The molecule has 3 N–H and O–H groups in total. The highest BCUT2D eigenvalue weighted by Crippen LogP contribution is 2.39. The SMILES string of the molecule is NC/C(=C\Nn1c2ccccc2c2cc3c(cc21)sc1ccccc13)c1nc(-c2ccccc2)nc(-c2ccccc2)n1. The average molecular weight is 575 g/mol. The molecule has 0 radical (unpaired) electrons. The van der Waals surface area contributed by atoms with E-state index in [0.717, 1.165) is 27.7 Å². The summed E-state index contributed by atoms with van der Waals surface area (Å²) in [5.41, 5.74) is 14.7. The number of nitrogens with two attached hydrogens (primary N) is 1. The first kappa shape index (κ1) is 25.3. The van der Waals surface area contributed by atoms with E-state index in [1.807, 2.05) is 78.2 Å². The van der Waals surface area contributed by atoms with E-state index in [1.165, 1.54) is 30.9 Å². The van der Waals surface area contributed by atoms with Gasteiger partial charge in [-0.3, -0.25) is 4.68 Å². The van der Waals surface area contributed by atoms with Crippen LogP contribution in [-0.4, -0.2) is 26.2 Å². The Morgan fingerprint density at radius 3 is 1.95 bits per heavy atom. The minimum atomic E-state index is 0.247. The van der Waals surface area contributed by atoms with E-state index in [2.05, 4.69) is 70.8 Å². The van der Waals surface area contributed by atoms with Gasteiger partial charge in [0.15, 0.2) is 17.5 Å². The van der Waals surface area contributed by atoms with Crippen LogP contribution in [0.1, 0.15) is 5.82 Å². The van der Waals surface area contributed by atoms with Crippen molar-refractivity contribution in [2.24, 2.45) is 5.73 Å². The van der Waals surface area contributed by atoms with Crippen molar-refractivity contribution in [3.05, 3.63) is 133 Å². The molecule has 0 saturated heterocycles. The summed E-state index contributed by atoms with van der Waals surface area (Å²) in [4.78, 5) is 14.6. The van der Waals surface area contributed by atoms with Gasteiger partial charge in [-0.25, -0.2) is 15.0 Å². The van der Waals surface area contributed by atoms with Gasteiger partial charge in [-0.1, -0.05) is 97.1 Å². The molecule has 3 aromatic heterocycles. The van der Waals surface area contributed by atoms with Gasteiger partial charge in [-0.2, -0.15) is 0 Å². The van der Waals surface area contributed by atoms with Crippen molar-refractivity contribution in [3.8, 4) is 22.8 Å². The molecule has 0 aliphatic rings. The number of fused-ring (bicyclic) bond motifs is 6. The number of rotatable bonds is 6. The molecule has 3 heterocycles. The van der Waals surface area contributed by atoms with Gasteiger partial charge in [0, 0.05) is 60.4 Å². The third-order valence-electron chi connectivity index (χ3n) is 7.75. The molecule has 0 spiro atoms. The number of aromatic nitrogens is 4. The molecular weight excluding hydrogens is 549 g/mol. The van der Waals surface area contributed by atoms with Gasteiger partial charge in [-0.15, -0.1) is 11.3 Å². The highest BCUT2D eigenvalue weighted by Gasteiger charge is 2.16. The van der Waals surface area contributed by atoms with E-state index >= 15 is 0 Å². The Morgan fingerprint density at radius 1 is 0.628 bits per heavy atom. The van der Waals surface area contributed by atoms with Crippen LogP contribution in [-0.2, 0) is 0 Å². The predicted octanol–water partition coefficient (Wildman–Crippen LogP) is 8.22. The zero-order valence-corrected chi connectivity index (χ0v) is 23.9. The summed E-state index contributed by atoms with van der Waals surface area (Å²) in [6.07, 6.45) is 1.92. The second kappa shape index (κ2) is 10.5. The third-order valence-corrected chi connectivity index (χ3v) is 8.88. The lowest BCUT2D eigenvalue weighted by molar-refractivity contribution is 1.01. The lowest BCUT2D eigenvalue weighted by atomic mass is 10.1. The van der Waals surface area contributed by atoms with Gasteiger partial charge in [0.05, 0.1) is 11.0 Å². The minimum absolute atomic E-state index is 0.247. The van der Waals surface area contributed by atoms with E-state index < -0.39 is 0 Å². The van der Waals surface area contributed by atoms with Crippen LogP contribution in [0.25, 0.3) is 70.3 Å². The van der Waals surface area contributed by atoms with Crippen LogP contribution in [0.4, 0.5) is 0 Å². The van der Waals surface area contributed by atoms with Crippen molar-refractivity contribution >= 4 is 58.9 Å². The number of hydrogen-bond donors (Lipinski definition) is 2. The first-order valence-electron chi connectivity index (χ1n) is 14.1. The number of para-hydroxylation sites is 1. The second-order valence-electron chi connectivity index (χ2n) is 10.4. The fraction of sp³-hybridized carbons (Fsp3) is 0.0278. The van der Waals surface area contributed by atoms with Crippen molar-refractivity contribution in [2.45, 2.75) is 0 Å². The van der Waals surface area contributed by atoms with Crippen molar-refractivity contribution in [1.29, 1.82) is 0 Å². The monoisotopic (exact) mass is 574 g/mol. The molecule has 0 saturated carbocycles. The van der Waals surface area contributed by atoms with Gasteiger partial charge in [-0.05, 0) is 24.3 Å². The summed E-state index contributed by atoms with van der Waals surface area (Å²) in [7, 11) is 0. The molecule has 0 aliphatic carbocycles. The first-order chi connectivity index (χ1) is 21.3. The summed E-state index contributed by atoms with van der Waals surface area (Å²) in [5.74, 6) is 1.75. The Hall–Kier alpha value is -5.37. The average Bonchev–Trinajstić information content (AvgIpc) is 3.59. The molecule has 0 fully saturated rings. The lowest BCUT2D eigenvalue weighted by Gasteiger charge is -2.12. The summed E-state index contributed by atoms with van der Waals surface area (Å²) < 4.78 is 4.67. The van der Waals surface area contributed by atoms with E-state index in [1.54, 1.807) is 0 Å². The van der Waals surface area contributed by atoms with Gasteiger partial charge in [0.2, 0.25) is 0 Å². The summed E-state index contributed by atoms with van der Waals surface area (Å²) in [6, 6.07) is 41.6. The fourth-order valence-corrected chi connectivity index (χ4v) is 6.76. The topological polar surface area (TPSA) is 81.6 Å². The number of benzene rings is 5. The van der Waals surface area contributed by atoms with Crippen molar-refractivity contribution in [2.75, 3.05) is 12.0 Å². The van der Waals surface area contributed by atoms with Gasteiger partial charge >= 0.3 is 0 Å². The Kier molecular flexibility index (Phi) is 6.17. The summed E-state index contributed by atoms with van der Waals surface area (Å²) >= 11 is 1.82. The smallest absolute Gasteiger partial charge is 0.164 e. The van der Waals surface area contributed by atoms with Crippen molar-refractivity contribution < 1.29 is 0 Å². The maximum atomic E-state index is 6.35. The molecule has 43 heavy (non-hydrogen) atoms. The largest absolute Gasteiger partial charge is 0.326 e. The number of hydrogen-bond acceptors (Lipinski definition) is 6. The molecule has 0 amide bonds. The molecule has 5 aromatic carbocycles. The number of nitrogens with one attached hydrogen (secondary N) is 1. The highest BCUT2D eigenvalue weighted by atomic mass is 32.1. The maximum absolute atomic E-state index is 6.35. The molecule has 8 rings (SSSR count). The molecule has 7 heteroatoms. The number of thiophene rings is 1. The Bertz CT molecular complexity index is 2240. The van der Waals surface area contributed by atoms with Gasteiger partial charge in [0.25, 0.3) is 0 Å². The van der Waals surface area contributed by atoms with Crippen LogP contribution in [0.3, 0.4) is 0 Å². The lowest BCUT2D eigenvalue weighted by Crippen LogP contribution is -2.14. The van der Waals surface area contributed by atoms with Crippen LogP contribution in [0.15, 0.2) is 128 Å². The van der Waals surface area contributed by atoms with E-state index in [-0.39, 0.29) is 6.54 Å². The fourth-order valence-electron chi connectivity index (χ4n) is 5.64. The quantitative estimate of drug-likeness (QED) is 0.209. The zero-order valence-electron chi connectivity index (χ0n) is 23.1. The van der Waals surface area contributed by atoms with Crippen LogP contribution in [0, 0.1) is 0 Å². The normalized spacial score (nSPS) is 12.1.